The summed E-state index contributed by atoms with van der Waals surface area (Å²) in [6, 6.07) is 5.93. The predicted octanol–water partition coefficient (Wildman–Crippen LogP) is 1.83. The van der Waals surface area contributed by atoms with E-state index in [4.69, 9.17) is 28.4 Å². The lowest BCUT2D eigenvalue weighted by atomic mass is 9.55. The molecule has 1 aromatic carbocycles. The van der Waals surface area contributed by atoms with Gasteiger partial charge in [-0.2, -0.15) is 0 Å². The molecule has 0 bridgehead atoms. The SMILES string of the molecule is CC(=O)OC1CCC2C3CCc4cc(O)ccc4C3CCC12C.O=C(CC[N+](=O)[O-])OCC1OC(O)C(OC(=O)CC[N+](=O)[O-])C(OC(=O)CC[N+](=O)[O-])C1OC(=O)CC[N+](=O)[O-]. The molecule has 1 saturated heterocycles. The number of carbonyl (C=O) groups excluding carboxylic acids is 5. The summed E-state index contributed by atoms with van der Waals surface area (Å²) in [6.07, 6.45) is -6.29. The van der Waals surface area contributed by atoms with Crippen LogP contribution in [0.15, 0.2) is 18.2 Å². The summed E-state index contributed by atoms with van der Waals surface area (Å²) in [5.74, 6) is -2.83. The monoisotopic (exact) mass is 898 g/mol. The lowest BCUT2D eigenvalue weighted by Gasteiger charge is -2.50. The summed E-state index contributed by atoms with van der Waals surface area (Å²) < 4.78 is 30.8. The van der Waals surface area contributed by atoms with Crippen molar-refractivity contribution < 1.29 is 82.3 Å². The molecule has 1 heterocycles. The third-order valence-corrected chi connectivity index (χ3v) is 11.7. The van der Waals surface area contributed by atoms with E-state index >= 15 is 0 Å². The average molecular weight is 899 g/mol. The lowest BCUT2D eigenvalue weighted by molar-refractivity contribution is -0.479. The summed E-state index contributed by atoms with van der Waals surface area (Å²) in [6.45, 7) is -0.577. The van der Waals surface area contributed by atoms with Gasteiger partial charge in [0.1, 0.15) is 50.2 Å². The molecule has 3 fully saturated rings. The second kappa shape index (κ2) is 22.3. The van der Waals surface area contributed by atoms with E-state index in [0.717, 1.165) is 19.3 Å². The third kappa shape index (κ3) is 13.9. The van der Waals surface area contributed by atoms with E-state index in [-0.39, 0.29) is 17.5 Å². The number of aliphatic hydroxyl groups is 1. The number of aliphatic hydroxyl groups excluding tert-OH is 1. The molecule has 3 aliphatic carbocycles. The third-order valence-electron chi connectivity index (χ3n) is 11.7. The largest absolute Gasteiger partial charge is 0.508 e. The van der Waals surface area contributed by atoms with Gasteiger partial charge in [0.2, 0.25) is 26.2 Å². The van der Waals surface area contributed by atoms with Gasteiger partial charge in [-0.3, -0.25) is 64.4 Å². The van der Waals surface area contributed by atoms with Crippen molar-refractivity contribution in [3.63, 3.8) is 0 Å². The van der Waals surface area contributed by atoms with Crippen LogP contribution >= 0.6 is 0 Å². The number of phenolic OH excluding ortho intramolecular Hbond substituents is 1. The van der Waals surface area contributed by atoms with Gasteiger partial charge >= 0.3 is 29.8 Å². The number of ether oxygens (including phenoxy) is 6. The van der Waals surface area contributed by atoms with Gasteiger partial charge in [-0.05, 0) is 79.5 Å². The van der Waals surface area contributed by atoms with E-state index < -0.39 is 133 Å². The highest BCUT2D eigenvalue weighted by Gasteiger charge is 2.56. The molecular weight excluding hydrogens is 848 g/mol. The van der Waals surface area contributed by atoms with Crippen molar-refractivity contribution in [1.29, 1.82) is 0 Å². The molecule has 2 N–H and O–H groups in total. The minimum Gasteiger partial charge on any atom is -0.508 e. The first-order chi connectivity index (χ1) is 29.7. The van der Waals surface area contributed by atoms with E-state index in [2.05, 4.69) is 13.0 Å². The fraction of sp³-hybridized carbons (Fsp3) is 0.711. The van der Waals surface area contributed by atoms with Gasteiger partial charge in [0.05, 0.1) is 0 Å². The molecule has 4 aliphatic rings. The minimum absolute atomic E-state index is 0.104. The van der Waals surface area contributed by atoms with Crippen molar-refractivity contribution in [1.82, 2.24) is 0 Å². The molecule has 348 valence electrons. The second-order valence-electron chi connectivity index (χ2n) is 15.9. The number of nitro groups is 4. The number of carbonyl (C=O) groups is 5. The van der Waals surface area contributed by atoms with Crippen LogP contribution < -0.4 is 0 Å². The van der Waals surface area contributed by atoms with Gasteiger partial charge in [-0.1, -0.05) is 13.0 Å². The van der Waals surface area contributed by atoms with Crippen LogP contribution in [0.1, 0.15) is 88.7 Å². The maximum atomic E-state index is 12.3. The van der Waals surface area contributed by atoms with Gasteiger partial charge in [0.25, 0.3) is 0 Å². The first kappa shape index (κ1) is 49.5. The number of hydrogen-bond donors (Lipinski definition) is 2. The number of aromatic hydroxyl groups is 1. The summed E-state index contributed by atoms with van der Waals surface area (Å²) in [7, 11) is 0. The van der Waals surface area contributed by atoms with Crippen LogP contribution in [0.3, 0.4) is 0 Å². The van der Waals surface area contributed by atoms with Gasteiger partial charge in [0.15, 0.2) is 24.6 Å². The average Bonchev–Trinajstić information content (AvgIpc) is 3.54. The predicted molar refractivity (Wildman–Crippen MR) is 206 cm³/mol. The smallest absolute Gasteiger partial charge is 0.313 e. The number of nitrogens with zero attached hydrogens (tertiary/aromatic N) is 4. The Morgan fingerprint density at radius 2 is 1.25 bits per heavy atom. The van der Waals surface area contributed by atoms with Crippen LogP contribution in [0, 0.1) is 57.7 Å². The molecule has 63 heavy (non-hydrogen) atoms. The van der Waals surface area contributed by atoms with Crippen molar-refractivity contribution in [3.8, 4) is 5.75 Å². The van der Waals surface area contributed by atoms with Crippen LogP contribution in [-0.4, -0.2) is 129 Å². The van der Waals surface area contributed by atoms with E-state index in [9.17, 15) is 74.6 Å². The zero-order valence-electron chi connectivity index (χ0n) is 34.5. The van der Waals surface area contributed by atoms with Crippen molar-refractivity contribution in [2.45, 2.75) is 121 Å². The molecule has 10 unspecified atom stereocenters. The number of phenols is 1. The first-order valence-electron chi connectivity index (χ1n) is 20.2. The quantitative estimate of drug-likeness (QED) is 0.0918. The molecule has 10 atom stereocenters. The Kier molecular flexibility index (Phi) is 17.5. The number of esters is 5. The molecule has 2 saturated carbocycles. The van der Waals surface area contributed by atoms with Gasteiger partial charge in [-0.15, -0.1) is 0 Å². The fourth-order valence-electron chi connectivity index (χ4n) is 8.96. The Morgan fingerprint density at radius 1 is 0.730 bits per heavy atom. The van der Waals surface area contributed by atoms with Crippen molar-refractivity contribution in [3.05, 3.63) is 69.8 Å². The van der Waals surface area contributed by atoms with Gasteiger partial charge < -0.3 is 38.6 Å². The van der Waals surface area contributed by atoms with E-state index in [1.807, 2.05) is 12.1 Å². The number of hydrogen-bond acceptors (Lipinski definition) is 21. The highest BCUT2D eigenvalue weighted by molar-refractivity contribution is 5.72. The summed E-state index contributed by atoms with van der Waals surface area (Å²) in [4.78, 5) is 98.7. The zero-order chi connectivity index (χ0) is 46.6. The normalized spacial score (nSPS) is 27.9. The summed E-state index contributed by atoms with van der Waals surface area (Å²) in [5, 5.41) is 62.4. The maximum absolute atomic E-state index is 12.3. The molecule has 1 aliphatic heterocycles. The Labute approximate surface area is 358 Å². The second-order valence-corrected chi connectivity index (χ2v) is 15.9. The fourth-order valence-corrected chi connectivity index (χ4v) is 8.96. The van der Waals surface area contributed by atoms with Crippen LogP contribution in [0.4, 0.5) is 0 Å². The number of benzene rings is 1. The van der Waals surface area contributed by atoms with Crippen LogP contribution in [-0.2, 0) is 58.8 Å². The van der Waals surface area contributed by atoms with Crippen LogP contribution in [0.2, 0.25) is 0 Å². The molecule has 0 amide bonds. The van der Waals surface area contributed by atoms with Crippen molar-refractivity contribution in [2.24, 2.45) is 17.3 Å². The Hall–Kier alpha value is -6.11. The number of rotatable bonds is 18. The first-order valence-corrected chi connectivity index (χ1v) is 20.2. The van der Waals surface area contributed by atoms with Crippen molar-refractivity contribution >= 4 is 29.8 Å². The van der Waals surface area contributed by atoms with Crippen molar-refractivity contribution in [2.75, 3.05) is 32.8 Å². The topological polar surface area (TPSA) is 354 Å². The van der Waals surface area contributed by atoms with E-state index in [0.29, 0.717) is 23.5 Å². The molecule has 0 aromatic heterocycles. The zero-order valence-corrected chi connectivity index (χ0v) is 34.5. The van der Waals surface area contributed by atoms with Gasteiger partial charge in [-0.25, -0.2) is 0 Å². The Balaban J connectivity index is 0.000000315. The standard InChI is InChI=1S/C20H26O3.C18H24N4O18/c1-12(21)23-19-8-7-18-17-5-3-13-11-14(22)4-6-15(13)16(17)9-10-20(18,19)2;23-11(1-5-19(28)29)36-9-10-15(38-12(24)2-6-20(30)31)16(39-13(25)3-7-21(32)33)17(18(27)37-10)40-14(26)4-8-22(34)35/h4,6,11,16-19,22H,3,5,7-10H2,1-2H3;10,15-18,27H,1-9H2. The highest BCUT2D eigenvalue weighted by atomic mass is 16.7. The lowest BCUT2D eigenvalue weighted by Crippen LogP contribution is -2.62. The minimum atomic E-state index is -2.22. The summed E-state index contributed by atoms with van der Waals surface area (Å²) in [5.41, 5.74) is 2.95. The summed E-state index contributed by atoms with van der Waals surface area (Å²) >= 11 is 0. The highest BCUT2D eigenvalue weighted by Crippen LogP contribution is 2.61. The molecule has 0 radical (unpaired) electrons. The molecule has 1 aromatic rings. The van der Waals surface area contributed by atoms with Crippen LogP contribution in [0.5, 0.6) is 5.75 Å². The molecule has 0 spiro atoms. The molecule has 25 heteroatoms. The maximum Gasteiger partial charge on any atom is 0.313 e. The Morgan fingerprint density at radius 3 is 1.79 bits per heavy atom. The van der Waals surface area contributed by atoms with E-state index in [1.165, 1.54) is 37.3 Å². The number of aryl methyl sites for hydroxylation is 1. The Bertz CT molecular complexity index is 1900. The molecular formula is C38H50N4O21. The van der Waals surface area contributed by atoms with Gasteiger partial charge in [0, 0.05) is 32.0 Å². The van der Waals surface area contributed by atoms with E-state index in [1.54, 1.807) is 0 Å². The number of fused-ring (bicyclic) bond motifs is 5. The molecule has 25 nitrogen and oxygen atoms in total. The molecule has 5 rings (SSSR count). The van der Waals surface area contributed by atoms with Crippen LogP contribution in [0.25, 0.3) is 0 Å².